The van der Waals surface area contributed by atoms with E-state index in [2.05, 4.69) is 25.8 Å². The van der Waals surface area contributed by atoms with Gasteiger partial charge in [-0.15, -0.1) is 5.10 Å². The van der Waals surface area contributed by atoms with Crippen LogP contribution in [0.4, 0.5) is 5.82 Å². The van der Waals surface area contributed by atoms with Crippen molar-refractivity contribution in [2.75, 3.05) is 4.72 Å². The van der Waals surface area contributed by atoms with Crippen molar-refractivity contribution in [2.24, 2.45) is 0 Å². The molecule has 0 atom stereocenters. The fourth-order valence-electron chi connectivity index (χ4n) is 1.96. The maximum atomic E-state index is 12.1. The number of aromatic nitrogens is 2. The minimum atomic E-state index is -3.68. The first kappa shape index (κ1) is 16.0. The van der Waals surface area contributed by atoms with Crippen molar-refractivity contribution < 1.29 is 8.42 Å². The largest absolute Gasteiger partial charge is 0.262 e. The minimum absolute atomic E-state index is 0.243. The van der Waals surface area contributed by atoms with E-state index in [0.717, 1.165) is 15.4 Å². The molecule has 0 saturated carbocycles. The van der Waals surface area contributed by atoms with E-state index in [4.69, 9.17) is 11.6 Å². The summed E-state index contributed by atoms with van der Waals surface area (Å²) in [7, 11) is -3.68. The highest BCUT2D eigenvalue weighted by atomic mass is 79.9. The van der Waals surface area contributed by atoms with Gasteiger partial charge in [0.05, 0.1) is 10.9 Å². The number of hydrogen-bond donors (Lipinski definition) is 1. The van der Waals surface area contributed by atoms with Gasteiger partial charge in [-0.05, 0) is 45.8 Å². The van der Waals surface area contributed by atoms with Gasteiger partial charge < -0.3 is 0 Å². The van der Waals surface area contributed by atoms with Crippen LogP contribution in [0, 0.1) is 0 Å². The second-order valence-corrected chi connectivity index (χ2v) is 7.61. The predicted octanol–water partition coefficient (Wildman–Crippen LogP) is 4.16. The summed E-state index contributed by atoms with van der Waals surface area (Å²) >= 11 is 9.33. The maximum Gasteiger partial charge on any atom is 0.256 e. The number of halogens is 2. The van der Waals surface area contributed by atoms with Gasteiger partial charge in [-0.3, -0.25) is 4.72 Å². The lowest BCUT2D eigenvalue weighted by Gasteiger charge is -2.00. The first-order valence-electron chi connectivity index (χ1n) is 6.53. The highest BCUT2D eigenvalue weighted by molar-refractivity contribution is 9.10. The Bertz CT molecular complexity index is 999. The zero-order valence-corrected chi connectivity index (χ0v) is 14.8. The molecule has 118 valence electrons. The Kier molecular flexibility index (Phi) is 4.43. The van der Waals surface area contributed by atoms with E-state index in [1.54, 1.807) is 41.0 Å². The lowest BCUT2D eigenvalue weighted by atomic mass is 10.2. The number of anilines is 1. The molecule has 1 aromatic carbocycles. The molecule has 1 N–H and O–H groups in total. The minimum Gasteiger partial charge on any atom is -0.262 e. The average molecular weight is 413 g/mol. The molecule has 0 unspecified atom stereocenters. The fraction of sp³-hybridized carbons (Fsp3) is 0. The molecule has 0 spiro atoms. The van der Waals surface area contributed by atoms with E-state index in [1.165, 1.54) is 6.08 Å². The van der Waals surface area contributed by atoms with E-state index in [9.17, 15) is 8.42 Å². The first-order chi connectivity index (χ1) is 10.9. The van der Waals surface area contributed by atoms with E-state index >= 15 is 0 Å². The van der Waals surface area contributed by atoms with Gasteiger partial charge in [0.15, 0.2) is 5.82 Å². The summed E-state index contributed by atoms with van der Waals surface area (Å²) in [4.78, 5) is 0. The second kappa shape index (κ2) is 6.35. The molecule has 2 heterocycles. The number of nitrogens with one attached hydrogen (secondary N) is 1. The van der Waals surface area contributed by atoms with Crippen molar-refractivity contribution in [1.82, 2.24) is 9.61 Å². The molecule has 0 radical (unpaired) electrons. The molecule has 0 aliphatic heterocycles. The SMILES string of the molecule is O=S(=O)(C=Cc1ccccc1Cl)Nc1cc2ccc(Br)cn2n1. The summed E-state index contributed by atoms with van der Waals surface area (Å²) in [6.07, 6.45) is 3.18. The lowest BCUT2D eigenvalue weighted by molar-refractivity contribution is 0.609. The number of rotatable bonds is 4. The third-order valence-electron chi connectivity index (χ3n) is 3.00. The number of pyridine rings is 1. The van der Waals surface area contributed by atoms with Gasteiger partial charge in [0.1, 0.15) is 0 Å². The number of fused-ring (bicyclic) bond motifs is 1. The van der Waals surface area contributed by atoms with Gasteiger partial charge in [-0.2, -0.15) is 0 Å². The molecule has 23 heavy (non-hydrogen) atoms. The first-order valence-corrected chi connectivity index (χ1v) is 9.25. The Morgan fingerprint density at radius 3 is 2.78 bits per heavy atom. The third-order valence-corrected chi connectivity index (χ3v) is 4.80. The Labute approximate surface area is 146 Å². The summed E-state index contributed by atoms with van der Waals surface area (Å²) < 4.78 is 29.1. The molecule has 8 heteroatoms. The predicted molar refractivity (Wildman–Crippen MR) is 95.9 cm³/mol. The monoisotopic (exact) mass is 411 g/mol. The van der Waals surface area contributed by atoms with Crippen LogP contribution in [0.3, 0.4) is 0 Å². The number of sulfonamides is 1. The molecular formula is C15H11BrClN3O2S. The lowest BCUT2D eigenvalue weighted by Crippen LogP contribution is -2.09. The molecule has 0 bridgehead atoms. The zero-order valence-electron chi connectivity index (χ0n) is 11.6. The number of nitrogens with zero attached hydrogens (tertiary/aromatic N) is 2. The topological polar surface area (TPSA) is 63.5 Å². The molecule has 0 aliphatic rings. The standard InChI is InChI=1S/C15H11BrClN3O2S/c16-12-5-6-13-9-15(18-20(13)10-12)19-23(21,22)8-7-11-3-1-2-4-14(11)17/h1-10H,(H,18,19). The maximum absolute atomic E-state index is 12.1. The second-order valence-electron chi connectivity index (χ2n) is 4.72. The van der Waals surface area contributed by atoms with Crippen molar-refractivity contribution in [1.29, 1.82) is 0 Å². The summed E-state index contributed by atoms with van der Waals surface area (Å²) in [5.74, 6) is 0.243. The molecule has 3 aromatic rings. The van der Waals surface area contributed by atoms with Crippen molar-refractivity contribution in [3.05, 3.63) is 69.1 Å². The van der Waals surface area contributed by atoms with Crippen LogP contribution >= 0.6 is 27.5 Å². The highest BCUT2D eigenvalue weighted by Crippen LogP contribution is 2.19. The summed E-state index contributed by atoms with van der Waals surface area (Å²) in [6.45, 7) is 0. The molecule has 3 rings (SSSR count). The van der Waals surface area contributed by atoms with Crippen LogP contribution in [0.5, 0.6) is 0 Å². The van der Waals surface area contributed by atoms with E-state index in [-0.39, 0.29) is 5.82 Å². The zero-order chi connectivity index (χ0) is 16.4. The van der Waals surface area contributed by atoms with Gasteiger partial charge in [0, 0.05) is 21.8 Å². The van der Waals surface area contributed by atoms with Crippen molar-refractivity contribution in [3.8, 4) is 0 Å². The normalized spacial score (nSPS) is 12.1. The van der Waals surface area contributed by atoms with Gasteiger partial charge in [-0.25, -0.2) is 12.9 Å². The van der Waals surface area contributed by atoms with Crippen molar-refractivity contribution >= 4 is 55.0 Å². The fourth-order valence-corrected chi connectivity index (χ4v) is 3.27. The Morgan fingerprint density at radius 1 is 1.22 bits per heavy atom. The summed E-state index contributed by atoms with van der Waals surface area (Å²) in [5, 5.41) is 5.71. The molecule has 0 saturated heterocycles. The van der Waals surface area contributed by atoms with E-state index < -0.39 is 10.0 Å². The molecule has 2 aromatic heterocycles. The number of hydrogen-bond acceptors (Lipinski definition) is 3. The third kappa shape index (κ3) is 3.93. The molecule has 0 aliphatic carbocycles. The van der Waals surface area contributed by atoms with E-state index in [0.29, 0.717) is 10.6 Å². The van der Waals surface area contributed by atoms with Crippen LogP contribution in [-0.4, -0.2) is 18.0 Å². The van der Waals surface area contributed by atoms with Crippen LogP contribution in [0.2, 0.25) is 5.02 Å². The average Bonchev–Trinajstić information content (AvgIpc) is 2.87. The molecule has 0 fully saturated rings. The van der Waals surface area contributed by atoms with Gasteiger partial charge in [0.2, 0.25) is 0 Å². The molecule has 5 nitrogen and oxygen atoms in total. The Morgan fingerprint density at radius 2 is 2.00 bits per heavy atom. The highest BCUT2D eigenvalue weighted by Gasteiger charge is 2.09. The quantitative estimate of drug-likeness (QED) is 0.700. The van der Waals surface area contributed by atoms with Crippen LogP contribution in [0.1, 0.15) is 5.56 Å². The smallest absolute Gasteiger partial charge is 0.256 e. The Hall–Kier alpha value is -1.83. The van der Waals surface area contributed by atoms with Crippen LogP contribution in [-0.2, 0) is 10.0 Å². The number of benzene rings is 1. The van der Waals surface area contributed by atoms with Crippen LogP contribution < -0.4 is 4.72 Å². The Balaban J connectivity index is 1.83. The van der Waals surface area contributed by atoms with Gasteiger partial charge >= 0.3 is 0 Å². The summed E-state index contributed by atoms with van der Waals surface area (Å²) in [6, 6.07) is 12.3. The van der Waals surface area contributed by atoms with Crippen molar-refractivity contribution in [2.45, 2.75) is 0 Å². The molecular weight excluding hydrogens is 402 g/mol. The van der Waals surface area contributed by atoms with E-state index in [1.807, 2.05) is 12.1 Å². The van der Waals surface area contributed by atoms with Gasteiger partial charge in [-0.1, -0.05) is 29.8 Å². The van der Waals surface area contributed by atoms with Crippen molar-refractivity contribution in [3.63, 3.8) is 0 Å². The van der Waals surface area contributed by atoms with Crippen LogP contribution in [0.15, 0.2) is 58.5 Å². The van der Waals surface area contributed by atoms with Crippen LogP contribution in [0.25, 0.3) is 11.6 Å². The van der Waals surface area contributed by atoms with Gasteiger partial charge in [0.25, 0.3) is 10.0 Å². The summed E-state index contributed by atoms with van der Waals surface area (Å²) in [5.41, 5.74) is 1.40. The molecule has 0 amide bonds.